The van der Waals surface area contributed by atoms with E-state index in [4.69, 9.17) is 9.47 Å². The van der Waals surface area contributed by atoms with Crippen molar-refractivity contribution in [2.24, 2.45) is 5.92 Å². The smallest absolute Gasteiger partial charge is 0.178 e. The number of epoxide rings is 1. The summed E-state index contributed by atoms with van der Waals surface area (Å²) in [5.74, 6) is 1.23. The lowest BCUT2D eigenvalue weighted by Crippen LogP contribution is -2.09. The minimum absolute atomic E-state index is 0.178. The van der Waals surface area contributed by atoms with E-state index in [-0.39, 0.29) is 11.9 Å². The predicted molar refractivity (Wildman–Crippen MR) is 66.5 cm³/mol. The first-order chi connectivity index (χ1) is 8.63. The molecule has 0 aromatic heterocycles. The maximum atomic E-state index is 12.1. The number of rotatable bonds is 6. The summed E-state index contributed by atoms with van der Waals surface area (Å²) in [6.45, 7) is 1.23. The molecule has 0 unspecified atom stereocenters. The van der Waals surface area contributed by atoms with Gasteiger partial charge in [-0.2, -0.15) is 0 Å². The molecule has 5 heteroatoms. The summed E-state index contributed by atoms with van der Waals surface area (Å²) in [6, 6.07) is 6.75. The number of hydrogen-bond donors (Lipinski definition) is 0. The lowest BCUT2D eigenvalue weighted by molar-refractivity contribution is 0.262. The highest BCUT2D eigenvalue weighted by Gasteiger charge is 2.29. The van der Waals surface area contributed by atoms with Gasteiger partial charge in [-0.15, -0.1) is 0 Å². The fraction of sp³-hybridized carbons (Fsp3) is 0.538. The van der Waals surface area contributed by atoms with E-state index >= 15 is 0 Å². The first-order valence-corrected chi connectivity index (χ1v) is 7.86. The molecular formula is C13H16O4S. The first-order valence-electron chi connectivity index (χ1n) is 6.21. The molecule has 0 bridgehead atoms. The van der Waals surface area contributed by atoms with E-state index in [1.54, 1.807) is 24.3 Å². The third kappa shape index (κ3) is 3.03. The molecule has 1 heterocycles. The molecule has 18 heavy (non-hydrogen) atoms. The van der Waals surface area contributed by atoms with Crippen molar-refractivity contribution in [2.75, 3.05) is 19.0 Å². The maximum Gasteiger partial charge on any atom is 0.178 e. The van der Waals surface area contributed by atoms with Crippen LogP contribution in [0.3, 0.4) is 0 Å². The van der Waals surface area contributed by atoms with Crippen LogP contribution in [-0.4, -0.2) is 33.5 Å². The Labute approximate surface area is 107 Å². The summed E-state index contributed by atoms with van der Waals surface area (Å²) in [5.41, 5.74) is 0. The molecule has 3 rings (SSSR count). The van der Waals surface area contributed by atoms with Gasteiger partial charge in [-0.25, -0.2) is 8.42 Å². The highest BCUT2D eigenvalue weighted by atomic mass is 32.2. The van der Waals surface area contributed by atoms with Gasteiger partial charge in [-0.1, -0.05) is 6.07 Å². The molecule has 2 aliphatic rings. The van der Waals surface area contributed by atoms with Crippen LogP contribution in [0.5, 0.6) is 5.75 Å². The molecule has 1 aromatic rings. The van der Waals surface area contributed by atoms with Crippen molar-refractivity contribution in [3.8, 4) is 5.75 Å². The van der Waals surface area contributed by atoms with E-state index in [0.29, 0.717) is 23.2 Å². The van der Waals surface area contributed by atoms with Gasteiger partial charge in [0.15, 0.2) is 9.84 Å². The third-order valence-corrected chi connectivity index (χ3v) is 5.04. The van der Waals surface area contributed by atoms with Gasteiger partial charge in [0.25, 0.3) is 0 Å². The van der Waals surface area contributed by atoms with Crippen molar-refractivity contribution >= 4 is 9.84 Å². The van der Waals surface area contributed by atoms with Crippen molar-refractivity contribution in [2.45, 2.75) is 23.8 Å². The van der Waals surface area contributed by atoms with Gasteiger partial charge in [-0.05, 0) is 37.0 Å². The van der Waals surface area contributed by atoms with E-state index in [2.05, 4.69) is 0 Å². The Morgan fingerprint density at radius 3 is 2.78 bits per heavy atom. The lowest BCUT2D eigenvalue weighted by atomic mass is 10.3. The second kappa shape index (κ2) is 4.55. The highest BCUT2D eigenvalue weighted by Crippen LogP contribution is 2.32. The summed E-state index contributed by atoms with van der Waals surface area (Å²) in [6.07, 6.45) is 2.25. The average Bonchev–Trinajstić information content (AvgIpc) is 3.21. The Bertz CT molecular complexity index is 530. The molecular weight excluding hydrogens is 252 g/mol. The summed E-state index contributed by atoms with van der Waals surface area (Å²) in [7, 11) is -3.15. The predicted octanol–water partition coefficient (Wildman–Crippen LogP) is 1.65. The number of benzene rings is 1. The van der Waals surface area contributed by atoms with Crippen LogP contribution in [0.15, 0.2) is 29.2 Å². The van der Waals surface area contributed by atoms with Gasteiger partial charge in [0.2, 0.25) is 0 Å². The standard InChI is InChI=1S/C13H16O4S/c14-18(15,9-10-4-5-10)13-3-1-2-11(6-13)16-7-12-8-17-12/h1-3,6,10,12H,4-5,7-9H2/t12-/m1/s1. The zero-order valence-corrected chi connectivity index (χ0v) is 10.9. The Kier molecular flexibility index (Phi) is 3.03. The van der Waals surface area contributed by atoms with E-state index in [1.165, 1.54) is 0 Å². The SMILES string of the molecule is O=S(=O)(CC1CC1)c1cccc(OC[C@@H]2CO2)c1. The van der Waals surface area contributed by atoms with E-state index in [9.17, 15) is 8.42 Å². The van der Waals surface area contributed by atoms with Crippen LogP contribution in [0.2, 0.25) is 0 Å². The molecule has 1 aliphatic heterocycles. The Morgan fingerprint density at radius 2 is 2.11 bits per heavy atom. The quantitative estimate of drug-likeness (QED) is 0.736. The van der Waals surface area contributed by atoms with Crippen LogP contribution in [0.25, 0.3) is 0 Å². The van der Waals surface area contributed by atoms with Crippen molar-refractivity contribution in [1.29, 1.82) is 0 Å². The molecule has 0 spiro atoms. The minimum Gasteiger partial charge on any atom is -0.491 e. The summed E-state index contributed by atoms with van der Waals surface area (Å²) in [4.78, 5) is 0.364. The lowest BCUT2D eigenvalue weighted by Gasteiger charge is -2.07. The van der Waals surface area contributed by atoms with Crippen LogP contribution < -0.4 is 4.74 Å². The molecule has 0 amide bonds. The molecule has 1 atom stereocenters. The maximum absolute atomic E-state index is 12.1. The fourth-order valence-corrected chi connectivity index (χ4v) is 3.53. The topological polar surface area (TPSA) is 55.9 Å². The van der Waals surface area contributed by atoms with Gasteiger partial charge in [0.1, 0.15) is 18.5 Å². The zero-order chi connectivity index (χ0) is 12.6. The van der Waals surface area contributed by atoms with Crippen LogP contribution >= 0.6 is 0 Å². The van der Waals surface area contributed by atoms with Gasteiger partial charge in [0, 0.05) is 0 Å². The van der Waals surface area contributed by atoms with Crippen LogP contribution in [0, 0.1) is 5.92 Å². The molecule has 0 radical (unpaired) electrons. The van der Waals surface area contributed by atoms with Crippen molar-refractivity contribution < 1.29 is 17.9 Å². The molecule has 1 aliphatic carbocycles. The first kappa shape index (κ1) is 12.0. The van der Waals surface area contributed by atoms with Gasteiger partial charge < -0.3 is 9.47 Å². The zero-order valence-electron chi connectivity index (χ0n) is 10.0. The molecule has 98 valence electrons. The summed E-state index contributed by atoms with van der Waals surface area (Å²) >= 11 is 0. The van der Waals surface area contributed by atoms with E-state index in [1.807, 2.05) is 0 Å². The second-order valence-corrected chi connectivity index (χ2v) is 7.00. The third-order valence-electron chi connectivity index (χ3n) is 3.15. The Hall–Kier alpha value is -1.07. The molecule has 4 nitrogen and oxygen atoms in total. The van der Waals surface area contributed by atoms with Crippen LogP contribution in [-0.2, 0) is 14.6 Å². The molecule has 1 aromatic carbocycles. The minimum atomic E-state index is -3.15. The largest absolute Gasteiger partial charge is 0.491 e. The molecule has 1 saturated heterocycles. The van der Waals surface area contributed by atoms with Gasteiger partial charge >= 0.3 is 0 Å². The highest BCUT2D eigenvalue weighted by molar-refractivity contribution is 7.91. The number of ether oxygens (including phenoxy) is 2. The van der Waals surface area contributed by atoms with Gasteiger partial charge in [0.05, 0.1) is 17.3 Å². The normalized spacial score (nSPS) is 22.8. The molecule has 0 N–H and O–H groups in total. The molecule has 2 fully saturated rings. The van der Waals surface area contributed by atoms with Crippen molar-refractivity contribution in [3.05, 3.63) is 24.3 Å². The Morgan fingerprint density at radius 1 is 1.33 bits per heavy atom. The van der Waals surface area contributed by atoms with Crippen LogP contribution in [0.4, 0.5) is 0 Å². The number of hydrogen-bond acceptors (Lipinski definition) is 4. The fourth-order valence-electron chi connectivity index (χ4n) is 1.80. The van der Waals surface area contributed by atoms with E-state index < -0.39 is 9.84 Å². The monoisotopic (exact) mass is 268 g/mol. The average molecular weight is 268 g/mol. The summed E-state index contributed by atoms with van der Waals surface area (Å²) in [5, 5.41) is 0. The van der Waals surface area contributed by atoms with E-state index in [0.717, 1.165) is 19.4 Å². The van der Waals surface area contributed by atoms with Crippen molar-refractivity contribution in [3.63, 3.8) is 0 Å². The second-order valence-electron chi connectivity index (χ2n) is 4.97. The molecule has 1 saturated carbocycles. The Balaban J connectivity index is 1.71. The number of sulfone groups is 1. The van der Waals surface area contributed by atoms with Gasteiger partial charge in [-0.3, -0.25) is 0 Å². The summed E-state index contributed by atoms with van der Waals surface area (Å²) < 4.78 is 34.8. The van der Waals surface area contributed by atoms with Crippen molar-refractivity contribution in [1.82, 2.24) is 0 Å². The van der Waals surface area contributed by atoms with Crippen LogP contribution in [0.1, 0.15) is 12.8 Å².